The Balaban J connectivity index is 2.46. The Bertz CT molecular complexity index is 476. The van der Waals surface area contributed by atoms with E-state index in [4.69, 9.17) is 15.2 Å². The number of para-hydroxylation sites is 2. The Morgan fingerprint density at radius 3 is 2.74 bits per heavy atom. The molecule has 5 heteroatoms. The number of hydrogen-bond acceptors (Lipinski definition) is 5. The monoisotopic (exact) mass is 263 g/mol. The van der Waals surface area contributed by atoms with Crippen LogP contribution in [0.15, 0.2) is 29.3 Å². The van der Waals surface area contributed by atoms with E-state index in [0.29, 0.717) is 19.1 Å². The molecule has 0 aromatic heterocycles. The number of ether oxygens (including phenoxy) is 2. The molecule has 1 aromatic rings. The molecule has 0 radical (unpaired) electrons. The molecule has 1 aliphatic rings. The molecular weight excluding hydrogens is 242 g/mol. The maximum Gasteiger partial charge on any atom is 0.196 e. The van der Waals surface area contributed by atoms with Gasteiger partial charge in [-0.3, -0.25) is 9.89 Å². The zero-order valence-corrected chi connectivity index (χ0v) is 11.7. The number of nitrogens with two attached hydrogens (primary N) is 1. The van der Waals surface area contributed by atoms with Gasteiger partial charge >= 0.3 is 0 Å². The Kier molecular flexibility index (Phi) is 3.95. The van der Waals surface area contributed by atoms with Crippen LogP contribution in [-0.4, -0.2) is 38.9 Å². The first-order valence-electron chi connectivity index (χ1n) is 6.40. The van der Waals surface area contributed by atoms with Gasteiger partial charge in [0.15, 0.2) is 5.96 Å². The summed E-state index contributed by atoms with van der Waals surface area (Å²) in [6.45, 7) is 3.34. The molecule has 2 rings (SSSR count). The van der Waals surface area contributed by atoms with Crippen molar-refractivity contribution in [3.8, 4) is 5.75 Å². The molecule has 0 amide bonds. The molecule has 1 aromatic carbocycles. The van der Waals surface area contributed by atoms with Crippen molar-refractivity contribution in [3.63, 3.8) is 0 Å². The summed E-state index contributed by atoms with van der Waals surface area (Å²) in [6.07, 6.45) is 0.892. The summed E-state index contributed by atoms with van der Waals surface area (Å²) in [4.78, 5) is 6.43. The maximum atomic E-state index is 6.08. The summed E-state index contributed by atoms with van der Waals surface area (Å²) < 4.78 is 10.8. The van der Waals surface area contributed by atoms with Gasteiger partial charge in [0.1, 0.15) is 5.75 Å². The molecule has 0 saturated heterocycles. The van der Waals surface area contributed by atoms with Crippen molar-refractivity contribution >= 4 is 11.6 Å². The van der Waals surface area contributed by atoms with Crippen LogP contribution >= 0.6 is 0 Å². The van der Waals surface area contributed by atoms with Crippen molar-refractivity contribution in [3.05, 3.63) is 24.3 Å². The number of benzene rings is 1. The topological polar surface area (TPSA) is 60.1 Å². The summed E-state index contributed by atoms with van der Waals surface area (Å²) in [5.41, 5.74) is 6.79. The van der Waals surface area contributed by atoms with E-state index < -0.39 is 0 Å². The van der Waals surface area contributed by atoms with Crippen LogP contribution in [0.25, 0.3) is 0 Å². The molecule has 1 atom stereocenters. The normalized spacial score (nSPS) is 22.5. The average Bonchev–Trinajstić information content (AvgIpc) is 2.76. The highest BCUT2D eigenvalue weighted by Gasteiger charge is 2.42. The predicted octanol–water partition coefficient (Wildman–Crippen LogP) is 1.63. The highest BCUT2D eigenvalue weighted by Crippen LogP contribution is 2.37. The Morgan fingerprint density at radius 2 is 2.11 bits per heavy atom. The summed E-state index contributed by atoms with van der Waals surface area (Å²) in [6, 6.07) is 7.83. The summed E-state index contributed by atoms with van der Waals surface area (Å²) in [7, 11) is 3.36. The van der Waals surface area contributed by atoms with Gasteiger partial charge in [-0.15, -0.1) is 0 Å². The lowest BCUT2D eigenvalue weighted by Crippen LogP contribution is -2.54. The van der Waals surface area contributed by atoms with E-state index in [9.17, 15) is 0 Å². The van der Waals surface area contributed by atoms with Gasteiger partial charge in [0, 0.05) is 7.11 Å². The van der Waals surface area contributed by atoms with Gasteiger partial charge in [-0.05, 0) is 18.6 Å². The standard InChI is InChI=1S/C14H21N3O2/c1-4-14(10-18-2)9-16-13(15)17(14)11-7-5-6-8-12(11)19-3/h5-8H,4,9-10H2,1-3H3,(H2,15,16). The van der Waals surface area contributed by atoms with Crippen LogP contribution in [0.2, 0.25) is 0 Å². The third-order valence-electron chi connectivity index (χ3n) is 3.64. The molecule has 1 heterocycles. The summed E-state index contributed by atoms with van der Waals surface area (Å²) >= 11 is 0. The van der Waals surface area contributed by atoms with E-state index >= 15 is 0 Å². The zero-order valence-electron chi connectivity index (χ0n) is 11.7. The second-order valence-electron chi connectivity index (χ2n) is 4.69. The number of guanidine groups is 1. The molecule has 0 bridgehead atoms. The number of anilines is 1. The minimum Gasteiger partial charge on any atom is -0.495 e. The lowest BCUT2D eigenvalue weighted by Gasteiger charge is -2.38. The van der Waals surface area contributed by atoms with Crippen LogP contribution in [0.5, 0.6) is 5.75 Å². The molecule has 19 heavy (non-hydrogen) atoms. The van der Waals surface area contributed by atoms with Gasteiger partial charge in [0.25, 0.3) is 0 Å². The SMILES string of the molecule is CCC1(COC)CN=C(N)N1c1ccccc1OC. The van der Waals surface area contributed by atoms with Gasteiger partial charge in [-0.1, -0.05) is 19.1 Å². The molecule has 1 unspecified atom stereocenters. The molecule has 0 saturated carbocycles. The van der Waals surface area contributed by atoms with E-state index in [0.717, 1.165) is 17.9 Å². The highest BCUT2D eigenvalue weighted by molar-refractivity contribution is 5.99. The molecular formula is C14H21N3O2. The van der Waals surface area contributed by atoms with E-state index in [1.807, 2.05) is 29.2 Å². The van der Waals surface area contributed by atoms with Crippen LogP contribution in [0.3, 0.4) is 0 Å². The molecule has 0 spiro atoms. The largest absolute Gasteiger partial charge is 0.495 e. The predicted molar refractivity (Wildman–Crippen MR) is 76.9 cm³/mol. The van der Waals surface area contributed by atoms with Crippen molar-refractivity contribution < 1.29 is 9.47 Å². The van der Waals surface area contributed by atoms with Gasteiger partial charge in [0.2, 0.25) is 0 Å². The fourth-order valence-electron chi connectivity index (χ4n) is 2.56. The molecule has 1 aliphatic heterocycles. The van der Waals surface area contributed by atoms with Gasteiger partial charge in [-0.2, -0.15) is 0 Å². The fourth-order valence-corrected chi connectivity index (χ4v) is 2.56. The Labute approximate surface area is 114 Å². The van der Waals surface area contributed by atoms with Crippen molar-refractivity contribution in [2.75, 3.05) is 32.3 Å². The number of methoxy groups -OCH3 is 2. The highest BCUT2D eigenvalue weighted by atomic mass is 16.5. The average molecular weight is 263 g/mol. The quantitative estimate of drug-likeness (QED) is 0.877. The maximum absolute atomic E-state index is 6.08. The van der Waals surface area contributed by atoms with Crippen LogP contribution < -0.4 is 15.4 Å². The molecule has 5 nitrogen and oxygen atoms in total. The number of rotatable bonds is 5. The Morgan fingerprint density at radius 1 is 1.37 bits per heavy atom. The van der Waals surface area contributed by atoms with Gasteiger partial charge in [-0.25, -0.2) is 0 Å². The van der Waals surface area contributed by atoms with Crippen LogP contribution in [0, 0.1) is 0 Å². The van der Waals surface area contributed by atoms with Gasteiger partial charge in [0.05, 0.1) is 31.5 Å². The Hall–Kier alpha value is -1.75. The van der Waals surface area contributed by atoms with Crippen molar-refractivity contribution in [1.29, 1.82) is 0 Å². The minimum atomic E-state index is -0.229. The molecule has 2 N–H and O–H groups in total. The second kappa shape index (κ2) is 5.48. The molecule has 0 aliphatic carbocycles. The van der Waals surface area contributed by atoms with Crippen molar-refractivity contribution in [2.45, 2.75) is 18.9 Å². The first-order chi connectivity index (χ1) is 9.18. The minimum absolute atomic E-state index is 0.229. The van der Waals surface area contributed by atoms with Crippen LogP contribution in [0.1, 0.15) is 13.3 Å². The zero-order chi connectivity index (χ0) is 13.9. The van der Waals surface area contributed by atoms with E-state index in [2.05, 4.69) is 11.9 Å². The molecule has 104 valence electrons. The third-order valence-corrected chi connectivity index (χ3v) is 3.64. The number of nitrogens with zero attached hydrogens (tertiary/aromatic N) is 2. The lowest BCUT2D eigenvalue weighted by atomic mass is 9.95. The number of aliphatic imine (C=N–C) groups is 1. The summed E-state index contributed by atoms with van der Waals surface area (Å²) in [5, 5.41) is 0. The number of hydrogen-bond donors (Lipinski definition) is 1. The third kappa shape index (κ3) is 2.26. The fraction of sp³-hybridized carbons (Fsp3) is 0.500. The smallest absolute Gasteiger partial charge is 0.196 e. The summed E-state index contributed by atoms with van der Waals surface area (Å²) in [5.74, 6) is 1.31. The van der Waals surface area contributed by atoms with Crippen LogP contribution in [-0.2, 0) is 4.74 Å². The first-order valence-corrected chi connectivity index (χ1v) is 6.40. The van der Waals surface area contributed by atoms with E-state index in [1.165, 1.54) is 0 Å². The van der Waals surface area contributed by atoms with Crippen molar-refractivity contribution in [2.24, 2.45) is 10.7 Å². The second-order valence-corrected chi connectivity index (χ2v) is 4.69. The van der Waals surface area contributed by atoms with Gasteiger partial charge < -0.3 is 15.2 Å². The molecule has 0 fully saturated rings. The lowest BCUT2D eigenvalue weighted by molar-refractivity contribution is 0.138. The first kappa shape index (κ1) is 13.7. The van der Waals surface area contributed by atoms with Crippen LogP contribution in [0.4, 0.5) is 5.69 Å². The van der Waals surface area contributed by atoms with E-state index in [1.54, 1.807) is 14.2 Å². The van der Waals surface area contributed by atoms with E-state index in [-0.39, 0.29) is 5.54 Å². The van der Waals surface area contributed by atoms with Crippen molar-refractivity contribution in [1.82, 2.24) is 0 Å².